The van der Waals surface area contributed by atoms with Gasteiger partial charge in [-0.15, -0.1) is 0 Å². The molecule has 34 heavy (non-hydrogen) atoms. The quantitative estimate of drug-likeness (QED) is 0.365. The molecule has 0 fully saturated rings. The molecule has 1 amide bonds. The molecule has 9 heteroatoms. The van der Waals surface area contributed by atoms with Crippen molar-refractivity contribution in [2.75, 3.05) is 13.7 Å². The standard InChI is InChI=1S/C25H21F2N5O2/c1-34-22-9-5-3-7-17(22)20-12-21(23(26)27)32-24(31-20)18(14-30-32)25(33)28-11-10-15-13-29-19-8-4-2-6-16(15)19/h2-9,12-14,23,29H,10-11H2,1H3,(H,28,33). The number of hydrogen-bond acceptors (Lipinski definition) is 4. The van der Waals surface area contributed by atoms with Gasteiger partial charge in [-0.2, -0.15) is 5.10 Å². The van der Waals surface area contributed by atoms with Crippen molar-refractivity contribution in [3.05, 3.63) is 83.8 Å². The maximum Gasteiger partial charge on any atom is 0.280 e. The van der Waals surface area contributed by atoms with Gasteiger partial charge < -0.3 is 15.0 Å². The number of amides is 1. The van der Waals surface area contributed by atoms with Gasteiger partial charge in [-0.3, -0.25) is 4.79 Å². The average Bonchev–Trinajstić information content (AvgIpc) is 3.47. The molecule has 5 aromatic rings. The minimum Gasteiger partial charge on any atom is -0.496 e. The number of ether oxygens (including phenoxy) is 1. The van der Waals surface area contributed by atoms with Crippen LogP contribution >= 0.6 is 0 Å². The highest BCUT2D eigenvalue weighted by molar-refractivity contribution is 6.00. The lowest BCUT2D eigenvalue weighted by Gasteiger charge is -2.11. The Kier molecular flexibility index (Phi) is 5.67. The topological polar surface area (TPSA) is 84.3 Å². The number of nitrogens with zero attached hydrogens (tertiary/aromatic N) is 3. The van der Waals surface area contributed by atoms with Gasteiger partial charge in [0.15, 0.2) is 5.65 Å². The highest BCUT2D eigenvalue weighted by Crippen LogP contribution is 2.32. The van der Waals surface area contributed by atoms with Crippen LogP contribution in [0.3, 0.4) is 0 Å². The molecule has 0 saturated heterocycles. The van der Waals surface area contributed by atoms with Gasteiger partial charge in [-0.1, -0.05) is 30.3 Å². The second-order valence-corrected chi connectivity index (χ2v) is 7.73. The fourth-order valence-corrected chi connectivity index (χ4v) is 4.04. The highest BCUT2D eigenvalue weighted by Gasteiger charge is 2.22. The summed E-state index contributed by atoms with van der Waals surface area (Å²) in [5, 5.41) is 7.96. The van der Waals surface area contributed by atoms with Crippen LogP contribution in [0, 0.1) is 0 Å². The van der Waals surface area contributed by atoms with E-state index in [0.29, 0.717) is 24.3 Å². The molecule has 0 unspecified atom stereocenters. The Balaban J connectivity index is 1.44. The third-order valence-corrected chi connectivity index (χ3v) is 5.71. The molecule has 2 aromatic carbocycles. The maximum absolute atomic E-state index is 13.8. The van der Waals surface area contributed by atoms with E-state index >= 15 is 0 Å². The van der Waals surface area contributed by atoms with Crippen molar-refractivity contribution in [3.63, 3.8) is 0 Å². The number of benzene rings is 2. The van der Waals surface area contributed by atoms with Crippen molar-refractivity contribution < 1.29 is 18.3 Å². The van der Waals surface area contributed by atoms with Crippen molar-refractivity contribution in [2.45, 2.75) is 12.8 Å². The Labute approximate surface area is 193 Å². The van der Waals surface area contributed by atoms with Gasteiger partial charge in [0, 0.05) is 29.2 Å². The van der Waals surface area contributed by atoms with E-state index in [2.05, 4.69) is 20.4 Å². The first-order valence-corrected chi connectivity index (χ1v) is 10.7. The highest BCUT2D eigenvalue weighted by atomic mass is 19.3. The molecule has 0 aliphatic rings. The average molecular weight is 461 g/mol. The first-order chi connectivity index (χ1) is 16.6. The zero-order valence-corrected chi connectivity index (χ0v) is 18.3. The third-order valence-electron chi connectivity index (χ3n) is 5.71. The number of rotatable bonds is 7. The van der Waals surface area contributed by atoms with Crippen LogP contribution in [0.2, 0.25) is 0 Å². The Bertz CT molecular complexity index is 1490. The fourth-order valence-electron chi connectivity index (χ4n) is 4.04. The van der Waals surface area contributed by atoms with E-state index in [0.717, 1.165) is 21.0 Å². The van der Waals surface area contributed by atoms with Crippen LogP contribution in [-0.2, 0) is 6.42 Å². The largest absolute Gasteiger partial charge is 0.496 e. The van der Waals surface area contributed by atoms with Gasteiger partial charge in [0.25, 0.3) is 12.3 Å². The number of nitrogens with one attached hydrogen (secondary N) is 2. The number of aromatic amines is 1. The molecule has 0 radical (unpaired) electrons. The first-order valence-electron chi connectivity index (χ1n) is 10.7. The van der Waals surface area contributed by atoms with Crippen LogP contribution in [0.25, 0.3) is 27.8 Å². The van der Waals surface area contributed by atoms with E-state index in [-0.39, 0.29) is 22.6 Å². The summed E-state index contributed by atoms with van der Waals surface area (Å²) in [5.41, 5.74) is 2.74. The number of para-hydroxylation sites is 2. The van der Waals surface area contributed by atoms with E-state index in [1.807, 2.05) is 30.5 Å². The second kappa shape index (κ2) is 8.93. The molecular formula is C25H21F2N5O2. The Morgan fingerprint density at radius 2 is 1.97 bits per heavy atom. The molecule has 0 bridgehead atoms. The molecule has 7 nitrogen and oxygen atoms in total. The minimum atomic E-state index is -2.81. The number of carbonyl (C=O) groups excluding carboxylic acids is 1. The van der Waals surface area contributed by atoms with E-state index in [4.69, 9.17) is 4.74 Å². The molecule has 3 heterocycles. The molecule has 172 valence electrons. The zero-order chi connectivity index (χ0) is 23.7. The number of halogens is 2. The number of carbonyl (C=O) groups is 1. The number of alkyl halides is 2. The van der Waals surface area contributed by atoms with Crippen molar-refractivity contribution >= 4 is 22.5 Å². The molecule has 3 aromatic heterocycles. The number of fused-ring (bicyclic) bond motifs is 2. The third kappa shape index (κ3) is 3.85. The van der Waals surface area contributed by atoms with Crippen molar-refractivity contribution in [3.8, 4) is 17.0 Å². The van der Waals surface area contributed by atoms with Crippen LogP contribution in [0.15, 0.2) is 67.0 Å². The SMILES string of the molecule is COc1ccccc1-c1cc(C(F)F)n2ncc(C(=O)NCCc3c[nH]c4ccccc34)c2n1. The van der Waals surface area contributed by atoms with Gasteiger partial charge in [0.2, 0.25) is 0 Å². The van der Waals surface area contributed by atoms with Crippen LogP contribution in [0.1, 0.15) is 28.0 Å². The number of methoxy groups -OCH3 is 1. The van der Waals surface area contributed by atoms with Gasteiger partial charge in [-0.05, 0) is 36.2 Å². The van der Waals surface area contributed by atoms with Gasteiger partial charge in [-0.25, -0.2) is 18.3 Å². The monoisotopic (exact) mass is 461 g/mol. The molecule has 0 atom stereocenters. The normalized spacial score (nSPS) is 11.4. The van der Waals surface area contributed by atoms with E-state index in [1.54, 1.807) is 24.3 Å². The summed E-state index contributed by atoms with van der Waals surface area (Å²) in [5.74, 6) is 0.0588. The van der Waals surface area contributed by atoms with Crippen molar-refractivity contribution in [1.82, 2.24) is 24.9 Å². The van der Waals surface area contributed by atoms with Gasteiger partial charge in [0.1, 0.15) is 17.0 Å². The summed E-state index contributed by atoms with van der Waals surface area (Å²) in [6.07, 6.45) is 0.984. The molecule has 0 spiro atoms. The van der Waals surface area contributed by atoms with E-state index < -0.39 is 12.3 Å². The predicted octanol–water partition coefficient (Wildman–Crippen LogP) is 4.80. The number of aromatic nitrogens is 4. The molecule has 0 saturated carbocycles. The zero-order valence-electron chi connectivity index (χ0n) is 18.3. The maximum atomic E-state index is 13.8. The Morgan fingerprint density at radius 1 is 1.18 bits per heavy atom. The van der Waals surface area contributed by atoms with Crippen LogP contribution < -0.4 is 10.1 Å². The fraction of sp³-hybridized carbons (Fsp3) is 0.160. The summed E-state index contributed by atoms with van der Waals surface area (Å²) >= 11 is 0. The predicted molar refractivity (Wildman–Crippen MR) is 124 cm³/mol. The van der Waals surface area contributed by atoms with E-state index in [1.165, 1.54) is 19.4 Å². The lowest BCUT2D eigenvalue weighted by Crippen LogP contribution is -2.25. The van der Waals surface area contributed by atoms with Crippen LogP contribution in [-0.4, -0.2) is 39.1 Å². The molecule has 0 aliphatic heterocycles. The Hall–Kier alpha value is -4.27. The van der Waals surface area contributed by atoms with Gasteiger partial charge in [0.05, 0.1) is 19.0 Å². The van der Waals surface area contributed by atoms with E-state index in [9.17, 15) is 13.6 Å². The number of hydrogen-bond donors (Lipinski definition) is 2. The van der Waals surface area contributed by atoms with Crippen LogP contribution in [0.4, 0.5) is 8.78 Å². The summed E-state index contributed by atoms with van der Waals surface area (Å²) in [6.45, 7) is 0.367. The summed E-state index contributed by atoms with van der Waals surface area (Å²) in [4.78, 5) is 20.6. The lowest BCUT2D eigenvalue weighted by molar-refractivity contribution is 0.0955. The summed E-state index contributed by atoms with van der Waals surface area (Å²) in [7, 11) is 1.50. The molecule has 2 N–H and O–H groups in total. The molecular weight excluding hydrogens is 440 g/mol. The van der Waals surface area contributed by atoms with Crippen molar-refractivity contribution in [2.24, 2.45) is 0 Å². The first kappa shape index (κ1) is 21.6. The lowest BCUT2D eigenvalue weighted by atomic mass is 10.1. The number of H-pyrrole nitrogens is 1. The minimum absolute atomic E-state index is 0.0586. The second-order valence-electron chi connectivity index (χ2n) is 7.73. The Morgan fingerprint density at radius 3 is 2.79 bits per heavy atom. The van der Waals surface area contributed by atoms with Gasteiger partial charge >= 0.3 is 0 Å². The summed E-state index contributed by atoms with van der Waals surface area (Å²) in [6, 6.07) is 16.2. The molecule has 5 rings (SSSR count). The smallest absolute Gasteiger partial charge is 0.280 e. The van der Waals surface area contributed by atoms with Crippen LogP contribution in [0.5, 0.6) is 5.75 Å². The summed E-state index contributed by atoms with van der Waals surface area (Å²) < 4.78 is 34.1. The molecule has 0 aliphatic carbocycles. The van der Waals surface area contributed by atoms with Crippen molar-refractivity contribution in [1.29, 1.82) is 0 Å².